The molecule has 1 fully saturated rings. The second-order valence-corrected chi connectivity index (χ2v) is 7.24. The molecule has 3 rings (SSSR count). The molecule has 2 aromatic rings. The Balaban J connectivity index is 2.14. The molecule has 1 aromatic carbocycles. The highest BCUT2D eigenvalue weighted by molar-refractivity contribution is 6.62. The van der Waals surface area contributed by atoms with Crippen molar-refractivity contribution in [3.8, 4) is 0 Å². The van der Waals surface area contributed by atoms with Crippen LogP contribution in [0.1, 0.15) is 40.3 Å². The Kier molecular flexibility index (Phi) is 3.47. The molecule has 2 heterocycles. The largest absolute Gasteiger partial charge is 0.494 e. The van der Waals surface area contributed by atoms with E-state index in [1.165, 1.54) is 6.07 Å². The van der Waals surface area contributed by atoms with Gasteiger partial charge in [0.25, 0.3) is 0 Å². The van der Waals surface area contributed by atoms with Gasteiger partial charge in [-0.1, -0.05) is 12.6 Å². The summed E-state index contributed by atoms with van der Waals surface area (Å²) < 4.78 is 28.2. The van der Waals surface area contributed by atoms with E-state index in [2.05, 4.69) is 11.7 Å². The monoisotopic (exact) mass is 316 g/mol. The number of aryl methyl sites for hydroxylation is 1. The Morgan fingerprint density at radius 1 is 1.22 bits per heavy atom. The SMILES string of the molecule is C=C(C)c1nn(C)c2c(F)cc(B3OC(C)(C)C(C)(C)O3)cc12. The minimum atomic E-state index is -0.600. The summed E-state index contributed by atoms with van der Waals surface area (Å²) in [6.45, 7) is 13.7. The third-order valence-corrected chi connectivity index (χ3v) is 4.84. The molecule has 1 aliphatic heterocycles. The maximum Gasteiger partial charge on any atom is 0.494 e. The number of benzene rings is 1. The van der Waals surface area contributed by atoms with Gasteiger partial charge >= 0.3 is 7.12 Å². The van der Waals surface area contributed by atoms with Gasteiger partial charge in [0.2, 0.25) is 0 Å². The van der Waals surface area contributed by atoms with Crippen molar-refractivity contribution >= 4 is 29.1 Å². The normalized spacial score (nSPS) is 19.5. The van der Waals surface area contributed by atoms with E-state index in [1.807, 2.05) is 40.7 Å². The number of hydrogen-bond donors (Lipinski definition) is 0. The lowest BCUT2D eigenvalue weighted by molar-refractivity contribution is 0.00578. The van der Waals surface area contributed by atoms with Gasteiger partial charge in [-0.25, -0.2) is 4.39 Å². The molecule has 1 aliphatic rings. The van der Waals surface area contributed by atoms with Gasteiger partial charge in [0, 0.05) is 12.4 Å². The summed E-state index contributed by atoms with van der Waals surface area (Å²) in [5.74, 6) is -0.338. The molecule has 0 atom stereocenters. The van der Waals surface area contributed by atoms with Gasteiger partial charge in [0.15, 0.2) is 0 Å². The van der Waals surface area contributed by atoms with Crippen molar-refractivity contribution < 1.29 is 13.7 Å². The molecule has 1 aromatic heterocycles. The van der Waals surface area contributed by atoms with Gasteiger partial charge in [-0.05, 0) is 51.7 Å². The first-order valence-electron chi connectivity index (χ1n) is 7.71. The van der Waals surface area contributed by atoms with E-state index in [0.717, 1.165) is 11.0 Å². The maximum atomic E-state index is 14.6. The zero-order chi connectivity index (χ0) is 17.2. The van der Waals surface area contributed by atoms with Crippen LogP contribution in [0.4, 0.5) is 4.39 Å². The number of halogens is 1. The van der Waals surface area contributed by atoms with Crippen LogP contribution in [0.2, 0.25) is 0 Å². The average Bonchev–Trinajstić information content (AvgIpc) is 2.85. The van der Waals surface area contributed by atoms with E-state index in [-0.39, 0.29) is 5.82 Å². The van der Waals surface area contributed by atoms with Crippen molar-refractivity contribution in [3.63, 3.8) is 0 Å². The Bertz CT molecular complexity index is 795. The molecule has 0 N–H and O–H groups in total. The van der Waals surface area contributed by atoms with E-state index < -0.39 is 18.3 Å². The number of rotatable bonds is 2. The number of aromatic nitrogens is 2. The van der Waals surface area contributed by atoms with Crippen LogP contribution in [-0.4, -0.2) is 28.1 Å². The van der Waals surface area contributed by atoms with Crippen LogP contribution in [0.3, 0.4) is 0 Å². The smallest absolute Gasteiger partial charge is 0.399 e. The second kappa shape index (κ2) is 4.92. The third kappa shape index (κ3) is 2.41. The highest BCUT2D eigenvalue weighted by Gasteiger charge is 2.51. The van der Waals surface area contributed by atoms with Crippen molar-refractivity contribution in [3.05, 3.63) is 30.2 Å². The summed E-state index contributed by atoms with van der Waals surface area (Å²) in [7, 11) is 1.13. The molecule has 0 saturated carbocycles. The van der Waals surface area contributed by atoms with Crippen molar-refractivity contribution in [2.24, 2.45) is 7.05 Å². The Labute approximate surface area is 136 Å². The molecule has 0 amide bonds. The number of fused-ring (bicyclic) bond motifs is 1. The van der Waals surface area contributed by atoms with E-state index >= 15 is 0 Å². The molecule has 23 heavy (non-hydrogen) atoms. The predicted octanol–water partition coefficient (Wildman–Crippen LogP) is 3.04. The van der Waals surface area contributed by atoms with Gasteiger partial charge in [-0.15, -0.1) is 0 Å². The molecular formula is C17H22BFN2O2. The highest BCUT2D eigenvalue weighted by atomic mass is 19.1. The average molecular weight is 316 g/mol. The third-order valence-electron chi connectivity index (χ3n) is 4.84. The fraction of sp³-hybridized carbons (Fsp3) is 0.471. The molecule has 0 unspecified atom stereocenters. The Hall–Kier alpha value is -1.66. The fourth-order valence-electron chi connectivity index (χ4n) is 2.81. The van der Waals surface area contributed by atoms with Crippen LogP contribution in [0.5, 0.6) is 0 Å². The van der Waals surface area contributed by atoms with Gasteiger partial charge in [0.05, 0.1) is 16.9 Å². The molecule has 0 bridgehead atoms. The van der Waals surface area contributed by atoms with Crippen LogP contribution in [-0.2, 0) is 16.4 Å². The summed E-state index contributed by atoms with van der Waals surface area (Å²) >= 11 is 0. The Morgan fingerprint density at radius 2 is 1.78 bits per heavy atom. The second-order valence-electron chi connectivity index (χ2n) is 7.24. The number of nitrogens with zero attached hydrogens (tertiary/aromatic N) is 2. The molecular weight excluding hydrogens is 294 g/mol. The maximum absolute atomic E-state index is 14.6. The summed E-state index contributed by atoms with van der Waals surface area (Å²) in [4.78, 5) is 0. The number of hydrogen-bond acceptors (Lipinski definition) is 3. The topological polar surface area (TPSA) is 36.3 Å². The van der Waals surface area contributed by atoms with Crippen LogP contribution in [0.15, 0.2) is 18.7 Å². The van der Waals surface area contributed by atoms with E-state index in [1.54, 1.807) is 11.7 Å². The minimum Gasteiger partial charge on any atom is -0.399 e. The predicted molar refractivity (Wildman–Crippen MR) is 91.1 cm³/mol. The quantitative estimate of drug-likeness (QED) is 0.799. The molecule has 1 saturated heterocycles. The summed E-state index contributed by atoms with van der Waals surface area (Å²) in [5.41, 5.74) is 1.68. The molecule has 122 valence electrons. The van der Waals surface area contributed by atoms with E-state index in [0.29, 0.717) is 16.7 Å². The molecule has 4 nitrogen and oxygen atoms in total. The summed E-state index contributed by atoms with van der Waals surface area (Å²) in [6, 6.07) is 3.35. The first kappa shape index (κ1) is 16.2. The highest BCUT2D eigenvalue weighted by Crippen LogP contribution is 2.37. The van der Waals surface area contributed by atoms with Gasteiger partial charge in [-0.3, -0.25) is 4.68 Å². The van der Waals surface area contributed by atoms with Crippen LogP contribution in [0, 0.1) is 5.82 Å². The van der Waals surface area contributed by atoms with Crippen LogP contribution in [0.25, 0.3) is 16.5 Å². The number of allylic oxidation sites excluding steroid dienone is 1. The van der Waals surface area contributed by atoms with Crippen molar-refractivity contribution in [1.82, 2.24) is 9.78 Å². The van der Waals surface area contributed by atoms with Gasteiger partial charge in [0.1, 0.15) is 11.3 Å². The van der Waals surface area contributed by atoms with Crippen LogP contribution < -0.4 is 5.46 Å². The van der Waals surface area contributed by atoms with Crippen molar-refractivity contribution in [2.45, 2.75) is 45.8 Å². The van der Waals surface area contributed by atoms with Crippen molar-refractivity contribution in [1.29, 1.82) is 0 Å². The lowest BCUT2D eigenvalue weighted by Gasteiger charge is -2.32. The molecule has 6 heteroatoms. The fourth-order valence-corrected chi connectivity index (χ4v) is 2.81. The van der Waals surface area contributed by atoms with E-state index in [4.69, 9.17) is 9.31 Å². The summed E-state index contributed by atoms with van der Waals surface area (Å²) in [5, 5.41) is 5.10. The van der Waals surface area contributed by atoms with Gasteiger partial charge in [-0.2, -0.15) is 5.10 Å². The van der Waals surface area contributed by atoms with Crippen molar-refractivity contribution in [2.75, 3.05) is 0 Å². The first-order valence-corrected chi connectivity index (χ1v) is 7.71. The molecule has 0 aliphatic carbocycles. The zero-order valence-electron chi connectivity index (χ0n) is 14.5. The lowest BCUT2D eigenvalue weighted by atomic mass is 9.78. The molecule has 0 spiro atoms. The Morgan fingerprint density at radius 3 is 2.30 bits per heavy atom. The summed E-state index contributed by atoms with van der Waals surface area (Å²) in [6.07, 6.45) is 0. The van der Waals surface area contributed by atoms with Gasteiger partial charge < -0.3 is 9.31 Å². The molecule has 0 radical (unpaired) electrons. The zero-order valence-corrected chi connectivity index (χ0v) is 14.5. The van der Waals surface area contributed by atoms with E-state index in [9.17, 15) is 4.39 Å². The standard InChI is InChI=1S/C17H22BFN2O2/c1-10(2)14-12-8-11(9-13(19)15(12)21(7)20-14)18-22-16(3,4)17(5,6)23-18/h8-9H,1H2,2-7H3. The lowest BCUT2D eigenvalue weighted by Crippen LogP contribution is -2.41. The first-order chi connectivity index (χ1) is 10.5. The minimum absolute atomic E-state index is 0.338. The van der Waals surface area contributed by atoms with Crippen LogP contribution >= 0.6 is 0 Å².